The van der Waals surface area contributed by atoms with E-state index in [1.54, 1.807) is 11.8 Å². The van der Waals surface area contributed by atoms with Crippen molar-refractivity contribution in [1.29, 1.82) is 0 Å². The van der Waals surface area contributed by atoms with Crippen LogP contribution in [0.4, 0.5) is 0 Å². The molecule has 0 saturated heterocycles. The maximum absolute atomic E-state index is 5.93. The zero-order chi connectivity index (χ0) is 13.2. The summed E-state index contributed by atoms with van der Waals surface area (Å²) in [6.45, 7) is 0. The molecule has 0 atom stereocenters. The van der Waals surface area contributed by atoms with Gasteiger partial charge in [-0.05, 0) is 30.5 Å². The van der Waals surface area contributed by atoms with E-state index in [2.05, 4.69) is 4.98 Å². The number of aromatic nitrogens is 2. The van der Waals surface area contributed by atoms with E-state index in [1.807, 2.05) is 54.8 Å². The van der Waals surface area contributed by atoms with Gasteiger partial charge in [0, 0.05) is 10.6 Å². The summed E-state index contributed by atoms with van der Waals surface area (Å²) < 4.78 is 0. The molecule has 0 amide bonds. The number of hydrogen-bond donors (Lipinski definition) is 0. The minimum atomic E-state index is 0.725. The van der Waals surface area contributed by atoms with Gasteiger partial charge in [-0.2, -0.15) is 0 Å². The Balaban J connectivity index is 2.23. The summed E-state index contributed by atoms with van der Waals surface area (Å²) in [4.78, 5) is 9.38. The minimum absolute atomic E-state index is 0.725. The van der Waals surface area contributed by atoms with E-state index in [0.29, 0.717) is 0 Å². The Kier molecular flexibility index (Phi) is 3.40. The van der Waals surface area contributed by atoms with Crippen LogP contribution in [0.1, 0.15) is 0 Å². The molecule has 0 unspecified atom stereocenters. The van der Waals surface area contributed by atoms with Gasteiger partial charge in [0.2, 0.25) is 0 Å². The van der Waals surface area contributed by atoms with E-state index in [-0.39, 0.29) is 0 Å². The van der Waals surface area contributed by atoms with E-state index in [4.69, 9.17) is 16.6 Å². The van der Waals surface area contributed by atoms with Crippen molar-refractivity contribution >= 4 is 34.4 Å². The van der Waals surface area contributed by atoms with E-state index >= 15 is 0 Å². The van der Waals surface area contributed by atoms with Crippen LogP contribution in [0, 0.1) is 0 Å². The van der Waals surface area contributed by atoms with E-state index in [0.717, 1.165) is 32.3 Å². The zero-order valence-electron chi connectivity index (χ0n) is 10.3. The predicted molar refractivity (Wildman–Crippen MR) is 81.8 cm³/mol. The second-order valence-electron chi connectivity index (χ2n) is 4.08. The molecule has 0 aliphatic heterocycles. The van der Waals surface area contributed by atoms with Gasteiger partial charge in [0.25, 0.3) is 0 Å². The number of para-hydroxylation sites is 2. The third-order valence-electron chi connectivity index (χ3n) is 2.85. The Morgan fingerprint density at radius 3 is 2.16 bits per heavy atom. The molecule has 0 radical (unpaired) electrons. The molecule has 0 aliphatic rings. The van der Waals surface area contributed by atoms with Crippen molar-refractivity contribution in [2.75, 3.05) is 6.26 Å². The fourth-order valence-electron chi connectivity index (χ4n) is 1.92. The third kappa shape index (κ3) is 2.44. The zero-order valence-corrected chi connectivity index (χ0v) is 11.9. The average Bonchev–Trinajstić information content (AvgIpc) is 2.46. The summed E-state index contributed by atoms with van der Waals surface area (Å²) in [6.07, 6.45) is 2.01. The summed E-state index contributed by atoms with van der Waals surface area (Å²) in [5.74, 6) is 0. The van der Waals surface area contributed by atoms with Gasteiger partial charge in [-0.1, -0.05) is 35.9 Å². The van der Waals surface area contributed by atoms with E-state index < -0.39 is 0 Å². The van der Waals surface area contributed by atoms with Crippen molar-refractivity contribution in [3.63, 3.8) is 0 Å². The number of rotatable bonds is 2. The van der Waals surface area contributed by atoms with Crippen LogP contribution in [0.25, 0.3) is 22.3 Å². The molecular formula is C15H11ClN2S. The van der Waals surface area contributed by atoms with Crippen molar-refractivity contribution in [3.8, 4) is 11.3 Å². The van der Waals surface area contributed by atoms with Gasteiger partial charge in [-0.15, -0.1) is 11.8 Å². The molecule has 1 aromatic heterocycles. The molecule has 0 aliphatic carbocycles. The van der Waals surface area contributed by atoms with Crippen molar-refractivity contribution < 1.29 is 0 Å². The monoisotopic (exact) mass is 286 g/mol. The fraction of sp³-hybridized carbons (Fsp3) is 0.0667. The molecule has 0 saturated carbocycles. The first-order valence-electron chi connectivity index (χ1n) is 5.84. The van der Waals surface area contributed by atoms with Gasteiger partial charge in [0.1, 0.15) is 10.7 Å². The Hall–Kier alpha value is -1.58. The summed E-state index contributed by atoms with van der Waals surface area (Å²) in [5.41, 5.74) is 3.77. The Morgan fingerprint density at radius 1 is 0.895 bits per heavy atom. The SMILES string of the molecule is CSc1nc2ccccc2nc1-c1ccc(Cl)cc1. The molecule has 94 valence electrons. The Morgan fingerprint density at radius 2 is 1.53 bits per heavy atom. The van der Waals surface area contributed by atoms with Crippen LogP contribution in [0.2, 0.25) is 5.02 Å². The number of nitrogens with zero attached hydrogens (tertiary/aromatic N) is 2. The third-order valence-corrected chi connectivity index (χ3v) is 3.77. The van der Waals surface area contributed by atoms with Gasteiger partial charge < -0.3 is 0 Å². The van der Waals surface area contributed by atoms with Gasteiger partial charge in [0.15, 0.2) is 0 Å². The normalized spacial score (nSPS) is 10.8. The first-order chi connectivity index (χ1) is 9.28. The van der Waals surface area contributed by atoms with Crippen LogP contribution in [0.5, 0.6) is 0 Å². The summed E-state index contributed by atoms with van der Waals surface area (Å²) >= 11 is 7.53. The van der Waals surface area contributed by atoms with Gasteiger partial charge >= 0.3 is 0 Å². The highest BCUT2D eigenvalue weighted by Crippen LogP contribution is 2.29. The molecule has 19 heavy (non-hydrogen) atoms. The van der Waals surface area contributed by atoms with Crippen LogP contribution in [-0.2, 0) is 0 Å². The Bertz CT molecular complexity index is 726. The van der Waals surface area contributed by atoms with E-state index in [9.17, 15) is 0 Å². The largest absolute Gasteiger partial charge is 0.243 e. The highest BCUT2D eigenvalue weighted by Gasteiger charge is 2.09. The van der Waals surface area contributed by atoms with Crippen LogP contribution >= 0.6 is 23.4 Å². The first kappa shape index (κ1) is 12.5. The molecular weight excluding hydrogens is 276 g/mol. The molecule has 0 spiro atoms. The van der Waals surface area contributed by atoms with Crippen LogP contribution in [0.3, 0.4) is 0 Å². The summed E-state index contributed by atoms with van der Waals surface area (Å²) in [7, 11) is 0. The lowest BCUT2D eigenvalue weighted by atomic mass is 10.1. The number of hydrogen-bond acceptors (Lipinski definition) is 3. The van der Waals surface area contributed by atoms with Gasteiger partial charge in [0.05, 0.1) is 11.0 Å². The molecule has 0 fully saturated rings. The minimum Gasteiger partial charge on any atom is -0.243 e. The lowest BCUT2D eigenvalue weighted by Crippen LogP contribution is -1.93. The lowest BCUT2D eigenvalue weighted by Gasteiger charge is -2.08. The molecule has 2 aromatic carbocycles. The first-order valence-corrected chi connectivity index (χ1v) is 7.45. The molecule has 0 bridgehead atoms. The second kappa shape index (κ2) is 5.19. The highest BCUT2D eigenvalue weighted by atomic mass is 35.5. The molecule has 0 N–H and O–H groups in total. The molecule has 2 nitrogen and oxygen atoms in total. The lowest BCUT2D eigenvalue weighted by molar-refractivity contribution is 1.13. The molecule has 4 heteroatoms. The van der Waals surface area contributed by atoms with Gasteiger partial charge in [-0.3, -0.25) is 0 Å². The van der Waals surface area contributed by atoms with Crippen LogP contribution in [0.15, 0.2) is 53.6 Å². The van der Waals surface area contributed by atoms with Crippen molar-refractivity contribution in [2.45, 2.75) is 5.03 Å². The van der Waals surface area contributed by atoms with Crippen molar-refractivity contribution in [1.82, 2.24) is 9.97 Å². The molecule has 1 heterocycles. The standard InChI is InChI=1S/C15H11ClN2S/c1-19-15-14(10-6-8-11(16)9-7-10)17-12-4-2-3-5-13(12)18-15/h2-9H,1H3. The topological polar surface area (TPSA) is 25.8 Å². The summed E-state index contributed by atoms with van der Waals surface area (Å²) in [6, 6.07) is 15.6. The maximum Gasteiger partial charge on any atom is 0.123 e. The summed E-state index contributed by atoms with van der Waals surface area (Å²) in [5, 5.41) is 1.66. The fourth-order valence-corrected chi connectivity index (χ4v) is 2.59. The predicted octanol–water partition coefficient (Wildman–Crippen LogP) is 4.67. The number of benzene rings is 2. The number of halogens is 1. The average molecular weight is 287 g/mol. The molecule has 3 aromatic rings. The van der Waals surface area contributed by atoms with E-state index in [1.165, 1.54) is 0 Å². The number of thioether (sulfide) groups is 1. The van der Waals surface area contributed by atoms with Crippen LogP contribution in [-0.4, -0.2) is 16.2 Å². The smallest absolute Gasteiger partial charge is 0.123 e. The maximum atomic E-state index is 5.93. The quantitative estimate of drug-likeness (QED) is 0.640. The van der Waals surface area contributed by atoms with Crippen molar-refractivity contribution in [3.05, 3.63) is 53.6 Å². The Labute approximate surface area is 120 Å². The van der Waals surface area contributed by atoms with Gasteiger partial charge in [-0.25, -0.2) is 9.97 Å². The second-order valence-corrected chi connectivity index (χ2v) is 5.31. The molecule has 3 rings (SSSR count). The van der Waals surface area contributed by atoms with Crippen molar-refractivity contribution in [2.24, 2.45) is 0 Å². The van der Waals surface area contributed by atoms with Crippen LogP contribution < -0.4 is 0 Å². The number of fused-ring (bicyclic) bond motifs is 1. The highest BCUT2D eigenvalue weighted by molar-refractivity contribution is 7.98.